The lowest BCUT2D eigenvalue weighted by Gasteiger charge is -2.13. The summed E-state index contributed by atoms with van der Waals surface area (Å²) in [6.45, 7) is 1.75. The van der Waals surface area contributed by atoms with Crippen molar-refractivity contribution >= 4 is 12.0 Å². The number of benzene rings is 1. The third-order valence-corrected chi connectivity index (χ3v) is 2.45. The fourth-order valence-electron chi connectivity index (χ4n) is 1.47. The van der Waals surface area contributed by atoms with E-state index in [1.165, 1.54) is 6.08 Å². The van der Waals surface area contributed by atoms with E-state index in [9.17, 15) is 9.90 Å². The van der Waals surface area contributed by atoms with Crippen LogP contribution in [0.5, 0.6) is 0 Å². The normalized spacial score (nSPS) is 14.9. The number of hydrogen-bond donors (Lipinski definition) is 2. The number of aliphatic hydroxyl groups is 1. The number of hydrogen-bond acceptors (Lipinski definition) is 2. The maximum atomic E-state index is 10.8. The van der Waals surface area contributed by atoms with Crippen LogP contribution in [-0.4, -0.2) is 22.3 Å². The molecule has 1 aromatic carbocycles. The molecule has 2 atom stereocenters. The molecule has 2 N–H and O–H groups in total. The molecule has 0 aromatic heterocycles. The van der Waals surface area contributed by atoms with Gasteiger partial charge in [0.25, 0.3) is 0 Å². The van der Waals surface area contributed by atoms with Crippen LogP contribution in [0.2, 0.25) is 0 Å². The Bertz CT molecular complexity index is 357. The summed E-state index contributed by atoms with van der Waals surface area (Å²) in [4.78, 5) is 10.8. The van der Waals surface area contributed by atoms with Gasteiger partial charge in [0.2, 0.25) is 0 Å². The van der Waals surface area contributed by atoms with E-state index >= 15 is 0 Å². The van der Waals surface area contributed by atoms with E-state index in [2.05, 4.69) is 0 Å². The lowest BCUT2D eigenvalue weighted by molar-refractivity contribution is -0.144. The fourth-order valence-corrected chi connectivity index (χ4v) is 1.47. The Hall–Kier alpha value is -1.61. The smallest absolute Gasteiger partial charge is 0.309 e. The molecule has 0 aliphatic heterocycles. The highest BCUT2D eigenvalue weighted by Gasteiger charge is 2.21. The van der Waals surface area contributed by atoms with Gasteiger partial charge in [-0.1, -0.05) is 49.4 Å². The van der Waals surface area contributed by atoms with Crippen molar-refractivity contribution in [1.82, 2.24) is 0 Å². The molecule has 0 saturated carbocycles. The molecule has 1 rings (SSSR count). The number of carboxylic acids is 1. The first-order valence-corrected chi connectivity index (χ1v) is 5.29. The van der Waals surface area contributed by atoms with Crippen molar-refractivity contribution in [2.45, 2.75) is 19.4 Å². The van der Waals surface area contributed by atoms with Gasteiger partial charge in [-0.2, -0.15) is 0 Å². The minimum Gasteiger partial charge on any atom is -0.481 e. The standard InChI is InChI=1S/C13H16O3/c1-2-11(13(15)16)12(14)9-8-10-6-4-3-5-7-10/h3-9,11-12,14H,2H2,1H3,(H,15,16)/b9-8+. The molecule has 0 radical (unpaired) electrons. The molecule has 0 fully saturated rings. The van der Waals surface area contributed by atoms with Crippen LogP contribution in [0.25, 0.3) is 6.08 Å². The third kappa shape index (κ3) is 3.51. The molecule has 2 unspecified atom stereocenters. The van der Waals surface area contributed by atoms with Gasteiger partial charge in [-0.25, -0.2) is 0 Å². The largest absolute Gasteiger partial charge is 0.481 e. The van der Waals surface area contributed by atoms with Gasteiger partial charge in [-0.15, -0.1) is 0 Å². The number of carboxylic acid groups (broad SMARTS) is 1. The van der Waals surface area contributed by atoms with E-state index in [-0.39, 0.29) is 0 Å². The van der Waals surface area contributed by atoms with E-state index in [0.717, 1.165) is 5.56 Å². The topological polar surface area (TPSA) is 57.5 Å². The van der Waals surface area contributed by atoms with Crippen molar-refractivity contribution in [3.63, 3.8) is 0 Å². The van der Waals surface area contributed by atoms with Gasteiger partial charge in [0, 0.05) is 0 Å². The molecule has 0 saturated heterocycles. The molecular formula is C13H16O3. The van der Waals surface area contributed by atoms with E-state index in [4.69, 9.17) is 5.11 Å². The van der Waals surface area contributed by atoms with Crippen LogP contribution in [0.1, 0.15) is 18.9 Å². The van der Waals surface area contributed by atoms with Crippen LogP contribution in [0.3, 0.4) is 0 Å². The maximum absolute atomic E-state index is 10.8. The Labute approximate surface area is 95.0 Å². The van der Waals surface area contributed by atoms with Gasteiger partial charge < -0.3 is 10.2 Å². The van der Waals surface area contributed by atoms with Gasteiger partial charge in [-0.3, -0.25) is 4.79 Å². The Kier molecular flexibility index (Phi) is 4.73. The second-order valence-electron chi connectivity index (χ2n) is 3.61. The minimum atomic E-state index is -0.965. The van der Waals surface area contributed by atoms with Crippen molar-refractivity contribution < 1.29 is 15.0 Å². The number of aliphatic hydroxyl groups excluding tert-OH is 1. The summed E-state index contributed by atoms with van der Waals surface area (Å²) in [5.41, 5.74) is 0.946. The molecule has 0 heterocycles. The van der Waals surface area contributed by atoms with Crippen molar-refractivity contribution in [1.29, 1.82) is 0 Å². The van der Waals surface area contributed by atoms with E-state index < -0.39 is 18.0 Å². The lowest BCUT2D eigenvalue weighted by Crippen LogP contribution is -2.25. The summed E-state index contributed by atoms with van der Waals surface area (Å²) in [6, 6.07) is 9.47. The monoisotopic (exact) mass is 220 g/mol. The molecule has 0 aliphatic rings. The Morgan fingerprint density at radius 3 is 2.50 bits per heavy atom. The third-order valence-electron chi connectivity index (χ3n) is 2.45. The van der Waals surface area contributed by atoms with Gasteiger partial charge >= 0.3 is 5.97 Å². The fraction of sp³-hybridized carbons (Fsp3) is 0.308. The van der Waals surface area contributed by atoms with Crippen LogP contribution in [0, 0.1) is 5.92 Å². The molecule has 0 amide bonds. The first-order valence-electron chi connectivity index (χ1n) is 5.29. The lowest BCUT2D eigenvalue weighted by atomic mass is 9.99. The maximum Gasteiger partial charge on any atom is 0.309 e. The van der Waals surface area contributed by atoms with Gasteiger partial charge in [0.1, 0.15) is 0 Å². The van der Waals surface area contributed by atoms with Crippen molar-refractivity contribution in [3.05, 3.63) is 42.0 Å². The summed E-state index contributed by atoms with van der Waals surface area (Å²) in [7, 11) is 0. The van der Waals surface area contributed by atoms with Crippen molar-refractivity contribution in [2.24, 2.45) is 5.92 Å². The van der Waals surface area contributed by atoms with Gasteiger partial charge in [0.05, 0.1) is 12.0 Å². The summed E-state index contributed by atoms with van der Waals surface area (Å²) < 4.78 is 0. The highest BCUT2D eigenvalue weighted by Crippen LogP contribution is 2.12. The molecule has 86 valence electrons. The molecule has 0 spiro atoms. The highest BCUT2D eigenvalue weighted by atomic mass is 16.4. The van der Waals surface area contributed by atoms with E-state index in [1.54, 1.807) is 13.0 Å². The van der Waals surface area contributed by atoms with Crippen LogP contribution in [-0.2, 0) is 4.79 Å². The van der Waals surface area contributed by atoms with Crippen LogP contribution < -0.4 is 0 Å². The molecule has 0 aliphatic carbocycles. The minimum absolute atomic E-state index is 0.412. The zero-order chi connectivity index (χ0) is 12.0. The summed E-state index contributed by atoms with van der Waals surface area (Å²) >= 11 is 0. The molecule has 0 bridgehead atoms. The highest BCUT2D eigenvalue weighted by molar-refractivity contribution is 5.71. The van der Waals surface area contributed by atoms with Crippen LogP contribution in [0.15, 0.2) is 36.4 Å². The number of carbonyl (C=O) groups is 1. The first-order chi connectivity index (χ1) is 7.65. The quantitative estimate of drug-likeness (QED) is 0.799. The molecule has 1 aromatic rings. The Morgan fingerprint density at radius 2 is 2.00 bits per heavy atom. The zero-order valence-electron chi connectivity index (χ0n) is 9.21. The average Bonchev–Trinajstić information content (AvgIpc) is 2.28. The van der Waals surface area contributed by atoms with Gasteiger partial charge in [-0.05, 0) is 12.0 Å². The summed E-state index contributed by atoms with van der Waals surface area (Å²) in [6.07, 6.45) is 2.73. The predicted molar refractivity (Wildman–Crippen MR) is 62.9 cm³/mol. The first kappa shape index (κ1) is 12.5. The average molecular weight is 220 g/mol. The molecule has 3 nitrogen and oxygen atoms in total. The SMILES string of the molecule is CCC(C(=O)O)C(O)/C=C/c1ccccc1. The molecule has 3 heteroatoms. The second-order valence-corrected chi connectivity index (χ2v) is 3.61. The Balaban J connectivity index is 2.66. The van der Waals surface area contributed by atoms with Crippen LogP contribution >= 0.6 is 0 Å². The Morgan fingerprint density at radius 1 is 1.38 bits per heavy atom. The van der Waals surface area contributed by atoms with Gasteiger partial charge in [0.15, 0.2) is 0 Å². The summed E-state index contributed by atoms with van der Waals surface area (Å²) in [5, 5.41) is 18.5. The molecular weight excluding hydrogens is 204 g/mol. The van der Waals surface area contributed by atoms with Crippen LogP contribution in [0.4, 0.5) is 0 Å². The van der Waals surface area contributed by atoms with E-state index in [1.807, 2.05) is 30.3 Å². The number of rotatable bonds is 5. The second kappa shape index (κ2) is 6.08. The predicted octanol–water partition coefficient (Wildman–Crippen LogP) is 2.17. The number of aliphatic carboxylic acids is 1. The van der Waals surface area contributed by atoms with Crippen molar-refractivity contribution in [3.8, 4) is 0 Å². The van der Waals surface area contributed by atoms with E-state index in [0.29, 0.717) is 6.42 Å². The zero-order valence-corrected chi connectivity index (χ0v) is 9.21. The van der Waals surface area contributed by atoms with Crippen molar-refractivity contribution in [2.75, 3.05) is 0 Å². The molecule has 16 heavy (non-hydrogen) atoms. The summed E-state index contributed by atoms with van der Waals surface area (Å²) in [5.74, 6) is -1.70.